The molecule has 2 aliphatic rings. The third-order valence-corrected chi connectivity index (χ3v) is 3.60. The molecule has 0 aromatic heterocycles. The first-order valence-electron chi connectivity index (χ1n) is 3.36. The first kappa shape index (κ1) is 5.22. The molecule has 0 aliphatic carbocycles. The lowest BCUT2D eigenvalue weighted by Gasteiger charge is -2.04. The number of fused-ring (bicyclic) bond motifs is 1. The van der Waals surface area contributed by atoms with Gasteiger partial charge in [-0.15, -0.1) is 0 Å². The second kappa shape index (κ2) is 1.98. The lowest BCUT2D eigenvalue weighted by molar-refractivity contribution is 0.525. The highest BCUT2D eigenvalue weighted by Gasteiger charge is 2.31. The Morgan fingerprint density at radius 2 is 1.75 bits per heavy atom. The highest BCUT2D eigenvalue weighted by Crippen LogP contribution is 2.39. The van der Waals surface area contributed by atoms with Crippen LogP contribution >= 0.6 is 11.8 Å². The summed E-state index contributed by atoms with van der Waals surface area (Å²) in [5, 5.41) is 0. The van der Waals surface area contributed by atoms with Gasteiger partial charge in [0.25, 0.3) is 0 Å². The fraction of sp³-hybridized carbons (Fsp3) is 1.00. The van der Waals surface area contributed by atoms with Crippen molar-refractivity contribution in [3.63, 3.8) is 0 Å². The first-order valence-corrected chi connectivity index (χ1v) is 4.51. The summed E-state index contributed by atoms with van der Waals surface area (Å²) in [6, 6.07) is 0. The van der Waals surface area contributed by atoms with E-state index in [2.05, 4.69) is 19.0 Å². The van der Waals surface area contributed by atoms with Gasteiger partial charge in [0, 0.05) is 0 Å². The molecule has 0 spiro atoms. The minimum absolute atomic E-state index is 1.08. The molecule has 0 nitrogen and oxygen atoms in total. The van der Waals surface area contributed by atoms with Crippen molar-refractivity contribution >= 4 is 19.0 Å². The summed E-state index contributed by atoms with van der Waals surface area (Å²) < 4.78 is 0. The molecule has 0 amide bonds. The van der Waals surface area contributed by atoms with Gasteiger partial charge in [-0.3, -0.25) is 0 Å². The Kier molecular flexibility index (Phi) is 1.29. The average Bonchev–Trinajstić information content (AvgIpc) is 2.15. The Bertz CT molecular complexity index is 74.5. The van der Waals surface area contributed by atoms with Gasteiger partial charge in [-0.1, -0.05) is 12.6 Å². The quantitative estimate of drug-likeness (QED) is 0.442. The molecule has 0 N–H and O–H groups in total. The van der Waals surface area contributed by atoms with E-state index in [1.807, 2.05) is 0 Å². The molecule has 2 fully saturated rings. The predicted octanol–water partition coefficient (Wildman–Crippen LogP) is 1.52. The van der Waals surface area contributed by atoms with E-state index in [1.165, 1.54) is 24.1 Å². The first-order chi connectivity index (χ1) is 3.97. The number of hydrogen-bond donors (Lipinski definition) is 0. The maximum Gasteiger partial charge on any atom is 0.110 e. The molecule has 0 aromatic carbocycles. The molecule has 0 bridgehead atoms. The summed E-state index contributed by atoms with van der Waals surface area (Å²) >= 11 is 2.15. The lowest BCUT2D eigenvalue weighted by atomic mass is 9.76. The molecular formula is C6H10BS. The second-order valence-corrected chi connectivity index (χ2v) is 3.89. The van der Waals surface area contributed by atoms with Gasteiger partial charge in [0.05, 0.1) is 0 Å². The third-order valence-electron chi connectivity index (χ3n) is 2.27. The molecular weight excluding hydrogens is 115 g/mol. The van der Waals surface area contributed by atoms with E-state index in [-0.39, 0.29) is 0 Å². The van der Waals surface area contributed by atoms with Crippen molar-refractivity contribution in [3.8, 4) is 0 Å². The molecule has 2 heterocycles. The zero-order chi connectivity index (χ0) is 5.40. The van der Waals surface area contributed by atoms with Gasteiger partial charge < -0.3 is 0 Å². The van der Waals surface area contributed by atoms with Crippen LogP contribution in [0.1, 0.15) is 0 Å². The van der Waals surface area contributed by atoms with Crippen LogP contribution in [-0.2, 0) is 0 Å². The zero-order valence-corrected chi connectivity index (χ0v) is 5.79. The van der Waals surface area contributed by atoms with Crippen LogP contribution in [0.3, 0.4) is 0 Å². The van der Waals surface area contributed by atoms with Crippen LogP contribution in [-0.4, -0.2) is 18.8 Å². The van der Waals surface area contributed by atoms with Gasteiger partial charge in [0.1, 0.15) is 7.28 Å². The number of hydrogen-bond acceptors (Lipinski definition) is 1. The van der Waals surface area contributed by atoms with Gasteiger partial charge in [0.2, 0.25) is 0 Å². The molecule has 2 rings (SSSR count). The molecule has 2 atom stereocenters. The molecule has 2 heteroatoms. The van der Waals surface area contributed by atoms with E-state index in [1.54, 1.807) is 0 Å². The highest BCUT2D eigenvalue weighted by molar-refractivity contribution is 7.99. The van der Waals surface area contributed by atoms with Gasteiger partial charge in [-0.2, -0.15) is 11.8 Å². The summed E-state index contributed by atoms with van der Waals surface area (Å²) in [7, 11) is 2.47. The van der Waals surface area contributed by atoms with E-state index in [9.17, 15) is 0 Å². The Morgan fingerprint density at radius 1 is 1.12 bits per heavy atom. The molecule has 1 unspecified atom stereocenters. The van der Waals surface area contributed by atoms with E-state index >= 15 is 0 Å². The van der Waals surface area contributed by atoms with Crippen LogP contribution in [0.5, 0.6) is 0 Å². The van der Waals surface area contributed by atoms with Crippen molar-refractivity contribution in [2.75, 3.05) is 11.5 Å². The van der Waals surface area contributed by atoms with Crippen molar-refractivity contribution in [2.24, 2.45) is 11.8 Å². The van der Waals surface area contributed by atoms with Crippen molar-refractivity contribution < 1.29 is 0 Å². The molecule has 1 radical (unpaired) electrons. The van der Waals surface area contributed by atoms with E-state index in [0.29, 0.717) is 0 Å². The number of rotatable bonds is 0. The topological polar surface area (TPSA) is 0 Å². The summed E-state index contributed by atoms with van der Waals surface area (Å²) in [6.45, 7) is 0. The summed E-state index contributed by atoms with van der Waals surface area (Å²) in [5.74, 6) is 5.06. The van der Waals surface area contributed by atoms with Crippen LogP contribution < -0.4 is 0 Å². The molecule has 0 saturated carbocycles. The second-order valence-electron chi connectivity index (χ2n) is 2.82. The van der Waals surface area contributed by atoms with E-state index in [0.717, 1.165) is 11.8 Å². The minimum Gasteiger partial charge on any atom is -0.161 e. The summed E-state index contributed by atoms with van der Waals surface area (Å²) in [4.78, 5) is 0. The van der Waals surface area contributed by atoms with Crippen LogP contribution in [0.2, 0.25) is 12.6 Å². The molecule has 43 valence electrons. The molecule has 2 aliphatic heterocycles. The van der Waals surface area contributed by atoms with Crippen molar-refractivity contribution in [1.29, 1.82) is 0 Å². The molecule has 2 saturated heterocycles. The average molecular weight is 125 g/mol. The predicted molar refractivity (Wildman–Crippen MR) is 39.7 cm³/mol. The molecule has 8 heavy (non-hydrogen) atoms. The number of thioether (sulfide) groups is 1. The van der Waals surface area contributed by atoms with Crippen LogP contribution in [0.25, 0.3) is 0 Å². The summed E-state index contributed by atoms with van der Waals surface area (Å²) in [5.41, 5.74) is 0. The Balaban J connectivity index is 2.04. The van der Waals surface area contributed by atoms with Gasteiger partial charge in [-0.05, 0) is 23.3 Å². The maximum absolute atomic E-state index is 2.47. The monoisotopic (exact) mass is 125 g/mol. The SMILES string of the molecule is [B]1CC2CSC[C@H]2C1. The Labute approximate surface area is 55.7 Å². The van der Waals surface area contributed by atoms with Crippen LogP contribution in [0.15, 0.2) is 0 Å². The highest BCUT2D eigenvalue weighted by atomic mass is 32.2. The van der Waals surface area contributed by atoms with Crippen molar-refractivity contribution in [3.05, 3.63) is 0 Å². The molecule has 0 aromatic rings. The Hall–Kier alpha value is 0.415. The van der Waals surface area contributed by atoms with Crippen molar-refractivity contribution in [1.82, 2.24) is 0 Å². The largest absolute Gasteiger partial charge is 0.161 e. The smallest absolute Gasteiger partial charge is 0.110 e. The van der Waals surface area contributed by atoms with Gasteiger partial charge in [-0.25, -0.2) is 0 Å². The Morgan fingerprint density at radius 3 is 2.38 bits per heavy atom. The van der Waals surface area contributed by atoms with Gasteiger partial charge >= 0.3 is 0 Å². The third kappa shape index (κ3) is 0.698. The minimum atomic E-state index is 1.08. The van der Waals surface area contributed by atoms with E-state index in [4.69, 9.17) is 0 Å². The lowest BCUT2D eigenvalue weighted by Crippen LogP contribution is -2.00. The van der Waals surface area contributed by atoms with Crippen LogP contribution in [0.4, 0.5) is 0 Å². The van der Waals surface area contributed by atoms with Crippen LogP contribution in [0, 0.1) is 11.8 Å². The summed E-state index contributed by atoms with van der Waals surface area (Å²) in [6.07, 6.45) is 2.83. The maximum atomic E-state index is 2.47. The standard InChI is InChI=1S/C6H10BS/c1-5-3-8-4-6(5)2-7-1/h5-6H,1-4H2/t5-,6?/m1/s1. The zero-order valence-electron chi connectivity index (χ0n) is 4.97. The fourth-order valence-electron chi connectivity index (χ4n) is 1.69. The van der Waals surface area contributed by atoms with Gasteiger partial charge in [0.15, 0.2) is 0 Å². The van der Waals surface area contributed by atoms with E-state index < -0.39 is 0 Å². The van der Waals surface area contributed by atoms with Crippen molar-refractivity contribution in [2.45, 2.75) is 12.6 Å². The fourth-order valence-corrected chi connectivity index (χ4v) is 3.25. The normalized spacial score (nSPS) is 44.0.